The fraction of sp³-hybridized carbons (Fsp3) is 0.455. The Kier molecular flexibility index (Phi) is 7.01. The second-order valence-electron chi connectivity index (χ2n) is 7.23. The van der Waals surface area contributed by atoms with Gasteiger partial charge in [0.05, 0.1) is 50.9 Å². The molecule has 0 unspecified atom stereocenters. The van der Waals surface area contributed by atoms with E-state index in [0.717, 1.165) is 35.6 Å². The van der Waals surface area contributed by atoms with Crippen LogP contribution in [0.3, 0.4) is 0 Å². The average Bonchev–Trinajstić information content (AvgIpc) is 3.15. The van der Waals surface area contributed by atoms with E-state index in [1.165, 1.54) is 11.4 Å². The number of rotatable bonds is 10. The van der Waals surface area contributed by atoms with E-state index in [0.29, 0.717) is 26.4 Å². The van der Waals surface area contributed by atoms with Gasteiger partial charge in [-0.05, 0) is 51.0 Å². The molecular weight excluding hydrogens is 352 g/mol. The molecule has 6 heteroatoms. The Labute approximate surface area is 167 Å². The van der Waals surface area contributed by atoms with Crippen molar-refractivity contribution in [3.05, 3.63) is 70.3 Å². The smallest absolute Gasteiger partial charge is 0.0717 e. The van der Waals surface area contributed by atoms with Crippen LogP contribution in [0.5, 0.6) is 0 Å². The van der Waals surface area contributed by atoms with Crippen molar-refractivity contribution >= 4 is 0 Å². The van der Waals surface area contributed by atoms with Crippen molar-refractivity contribution < 1.29 is 9.47 Å². The molecular formula is C22H30N4O2. The summed E-state index contributed by atoms with van der Waals surface area (Å²) in [6.45, 7) is 12.2. The summed E-state index contributed by atoms with van der Waals surface area (Å²) in [5, 5.41) is 8.91. The van der Waals surface area contributed by atoms with Crippen LogP contribution in [0.4, 0.5) is 0 Å². The van der Waals surface area contributed by atoms with Crippen molar-refractivity contribution in [1.82, 2.24) is 19.6 Å². The summed E-state index contributed by atoms with van der Waals surface area (Å²) in [5.74, 6) is 0. The van der Waals surface area contributed by atoms with Crippen molar-refractivity contribution in [2.75, 3.05) is 13.2 Å². The van der Waals surface area contributed by atoms with E-state index < -0.39 is 0 Å². The second kappa shape index (κ2) is 9.66. The summed E-state index contributed by atoms with van der Waals surface area (Å²) in [6.07, 6.45) is 0. The summed E-state index contributed by atoms with van der Waals surface area (Å²) in [7, 11) is 0. The minimum atomic E-state index is 0.596. The molecule has 0 saturated carbocycles. The first kappa shape index (κ1) is 20.3. The molecule has 0 amide bonds. The molecule has 0 bridgehead atoms. The van der Waals surface area contributed by atoms with Crippen LogP contribution in [0.2, 0.25) is 0 Å². The van der Waals surface area contributed by atoms with Crippen LogP contribution in [0, 0.1) is 27.7 Å². The Bertz CT molecular complexity index is 828. The normalized spacial score (nSPS) is 11.3. The predicted octanol–water partition coefficient (Wildman–Crippen LogP) is 3.75. The number of benzene rings is 1. The number of hydrogen-bond acceptors (Lipinski definition) is 4. The molecule has 28 heavy (non-hydrogen) atoms. The molecule has 0 saturated heterocycles. The molecule has 150 valence electrons. The van der Waals surface area contributed by atoms with Crippen LogP contribution in [0.15, 0.2) is 36.4 Å². The van der Waals surface area contributed by atoms with Crippen LogP contribution >= 0.6 is 0 Å². The highest BCUT2D eigenvalue weighted by atomic mass is 16.5. The lowest BCUT2D eigenvalue weighted by Crippen LogP contribution is -2.09. The van der Waals surface area contributed by atoms with Crippen molar-refractivity contribution in [3.63, 3.8) is 0 Å². The SMILES string of the molecule is Cc1cc(C)n(CCOCc2cccc(COCCn3nc(C)cc3C)c2)n1. The van der Waals surface area contributed by atoms with Crippen LogP contribution in [0.25, 0.3) is 0 Å². The third-order valence-corrected chi connectivity index (χ3v) is 4.63. The van der Waals surface area contributed by atoms with Gasteiger partial charge in [0.25, 0.3) is 0 Å². The largest absolute Gasteiger partial charge is 0.375 e. The van der Waals surface area contributed by atoms with Crippen LogP contribution < -0.4 is 0 Å². The van der Waals surface area contributed by atoms with Gasteiger partial charge in [-0.15, -0.1) is 0 Å². The molecule has 2 heterocycles. The minimum absolute atomic E-state index is 0.596. The standard InChI is InChI=1S/C22H30N4O2/c1-17-12-19(3)25(23-17)8-10-27-15-21-6-5-7-22(14-21)16-28-11-9-26-20(4)13-18(2)24-26/h5-7,12-14H,8-11,15-16H2,1-4H3. The summed E-state index contributed by atoms with van der Waals surface area (Å²) >= 11 is 0. The molecule has 0 spiro atoms. The van der Waals surface area contributed by atoms with Crippen LogP contribution in [0.1, 0.15) is 33.9 Å². The van der Waals surface area contributed by atoms with Gasteiger partial charge in [-0.2, -0.15) is 10.2 Å². The van der Waals surface area contributed by atoms with Gasteiger partial charge in [0.2, 0.25) is 0 Å². The first-order chi connectivity index (χ1) is 13.5. The molecule has 0 fully saturated rings. The zero-order valence-corrected chi connectivity index (χ0v) is 17.3. The van der Waals surface area contributed by atoms with Crippen LogP contribution in [-0.2, 0) is 35.8 Å². The fourth-order valence-corrected chi connectivity index (χ4v) is 3.29. The van der Waals surface area contributed by atoms with Gasteiger partial charge >= 0.3 is 0 Å². The van der Waals surface area contributed by atoms with Gasteiger partial charge in [-0.1, -0.05) is 24.3 Å². The molecule has 0 aliphatic heterocycles. The maximum absolute atomic E-state index is 5.83. The fourth-order valence-electron chi connectivity index (χ4n) is 3.29. The summed E-state index contributed by atoms with van der Waals surface area (Å²) < 4.78 is 15.6. The van der Waals surface area contributed by atoms with Crippen LogP contribution in [-0.4, -0.2) is 32.8 Å². The van der Waals surface area contributed by atoms with E-state index in [-0.39, 0.29) is 0 Å². The van der Waals surface area contributed by atoms with Gasteiger partial charge < -0.3 is 9.47 Å². The zero-order chi connectivity index (χ0) is 19.9. The number of hydrogen-bond donors (Lipinski definition) is 0. The molecule has 3 aromatic rings. The van der Waals surface area contributed by atoms with E-state index >= 15 is 0 Å². The van der Waals surface area contributed by atoms with Crippen molar-refractivity contribution in [1.29, 1.82) is 0 Å². The van der Waals surface area contributed by atoms with Gasteiger partial charge in [0.15, 0.2) is 0 Å². The monoisotopic (exact) mass is 382 g/mol. The first-order valence-corrected chi connectivity index (χ1v) is 9.76. The second-order valence-corrected chi connectivity index (χ2v) is 7.23. The molecule has 0 atom stereocenters. The minimum Gasteiger partial charge on any atom is -0.375 e. The zero-order valence-electron chi connectivity index (χ0n) is 17.3. The highest BCUT2D eigenvalue weighted by molar-refractivity contribution is 5.22. The number of aromatic nitrogens is 4. The molecule has 1 aromatic carbocycles. The lowest BCUT2D eigenvalue weighted by atomic mass is 10.1. The van der Waals surface area contributed by atoms with E-state index in [2.05, 4.69) is 60.4 Å². The number of ether oxygens (including phenoxy) is 2. The van der Waals surface area contributed by atoms with Crippen molar-refractivity contribution in [3.8, 4) is 0 Å². The van der Waals surface area contributed by atoms with Crippen molar-refractivity contribution in [2.24, 2.45) is 0 Å². The maximum atomic E-state index is 5.83. The lowest BCUT2D eigenvalue weighted by Gasteiger charge is -2.09. The van der Waals surface area contributed by atoms with E-state index in [1.807, 2.05) is 23.2 Å². The molecule has 0 radical (unpaired) electrons. The molecule has 3 rings (SSSR count). The quantitative estimate of drug-likeness (QED) is 0.501. The Morgan fingerprint density at radius 2 is 1.18 bits per heavy atom. The topological polar surface area (TPSA) is 54.1 Å². The average molecular weight is 383 g/mol. The molecule has 0 N–H and O–H groups in total. The first-order valence-electron chi connectivity index (χ1n) is 9.76. The molecule has 2 aromatic heterocycles. The third-order valence-electron chi connectivity index (χ3n) is 4.63. The lowest BCUT2D eigenvalue weighted by molar-refractivity contribution is 0.106. The van der Waals surface area contributed by atoms with E-state index in [4.69, 9.17) is 9.47 Å². The molecule has 0 aliphatic rings. The maximum Gasteiger partial charge on any atom is 0.0717 e. The highest BCUT2D eigenvalue weighted by Gasteiger charge is 2.03. The Morgan fingerprint density at radius 3 is 1.57 bits per heavy atom. The number of nitrogens with zero attached hydrogens (tertiary/aromatic N) is 4. The van der Waals surface area contributed by atoms with Gasteiger partial charge in [-0.3, -0.25) is 9.36 Å². The summed E-state index contributed by atoms with van der Waals surface area (Å²) in [4.78, 5) is 0. The van der Waals surface area contributed by atoms with Gasteiger partial charge in [-0.25, -0.2) is 0 Å². The predicted molar refractivity (Wildman–Crippen MR) is 109 cm³/mol. The molecule has 0 aliphatic carbocycles. The summed E-state index contributed by atoms with van der Waals surface area (Å²) in [6, 6.07) is 12.5. The van der Waals surface area contributed by atoms with E-state index in [1.54, 1.807) is 0 Å². The molecule has 6 nitrogen and oxygen atoms in total. The van der Waals surface area contributed by atoms with Crippen molar-refractivity contribution in [2.45, 2.75) is 54.0 Å². The highest BCUT2D eigenvalue weighted by Crippen LogP contribution is 2.09. The summed E-state index contributed by atoms with van der Waals surface area (Å²) in [5.41, 5.74) is 6.74. The Hall–Kier alpha value is -2.44. The van der Waals surface area contributed by atoms with E-state index in [9.17, 15) is 0 Å². The third kappa shape index (κ3) is 5.78. The number of aryl methyl sites for hydroxylation is 4. The van der Waals surface area contributed by atoms with Gasteiger partial charge in [0.1, 0.15) is 0 Å². The Morgan fingerprint density at radius 1 is 0.714 bits per heavy atom. The van der Waals surface area contributed by atoms with Gasteiger partial charge in [0, 0.05) is 11.4 Å². The Balaban J connectivity index is 1.38.